The van der Waals surface area contributed by atoms with Crippen LogP contribution in [0.2, 0.25) is 0 Å². The molecule has 0 aliphatic heterocycles. The van der Waals surface area contributed by atoms with Crippen LogP contribution in [-0.4, -0.2) is 28.8 Å². The number of hydrogen-bond donors (Lipinski definition) is 2. The molecular formula is C17H24N4O2. The lowest BCUT2D eigenvalue weighted by Gasteiger charge is -2.14. The zero-order chi connectivity index (χ0) is 16.8. The van der Waals surface area contributed by atoms with Crippen LogP contribution in [0.25, 0.3) is 0 Å². The molecule has 2 N–H and O–H groups in total. The molecule has 0 saturated heterocycles. The smallest absolute Gasteiger partial charge is 0.315 e. The molecule has 1 atom stereocenters. The van der Waals surface area contributed by atoms with Crippen molar-refractivity contribution in [3.05, 3.63) is 46.6 Å². The molecule has 0 aliphatic rings. The van der Waals surface area contributed by atoms with E-state index in [0.717, 1.165) is 34.7 Å². The second-order valence-electron chi connectivity index (χ2n) is 5.87. The van der Waals surface area contributed by atoms with Crippen molar-refractivity contribution < 1.29 is 9.32 Å². The van der Waals surface area contributed by atoms with E-state index in [1.807, 2.05) is 46.0 Å². The summed E-state index contributed by atoms with van der Waals surface area (Å²) >= 11 is 0. The number of rotatable bonds is 6. The molecule has 6 heteroatoms. The van der Waals surface area contributed by atoms with E-state index in [0.29, 0.717) is 13.0 Å². The predicted octanol–water partition coefficient (Wildman–Crippen LogP) is 2.47. The maximum absolute atomic E-state index is 11.9. The van der Waals surface area contributed by atoms with Crippen LogP contribution in [0.4, 0.5) is 4.79 Å². The van der Waals surface area contributed by atoms with Gasteiger partial charge in [-0.05, 0) is 52.2 Å². The molecule has 0 radical (unpaired) electrons. The molecule has 2 heterocycles. The van der Waals surface area contributed by atoms with E-state index in [9.17, 15) is 4.79 Å². The molecule has 124 valence electrons. The first-order valence-electron chi connectivity index (χ1n) is 7.83. The van der Waals surface area contributed by atoms with E-state index in [4.69, 9.17) is 4.52 Å². The fraction of sp³-hybridized carbons (Fsp3) is 0.471. The van der Waals surface area contributed by atoms with Gasteiger partial charge in [-0.1, -0.05) is 11.2 Å². The Morgan fingerprint density at radius 1 is 1.30 bits per heavy atom. The van der Waals surface area contributed by atoms with Crippen molar-refractivity contribution in [2.24, 2.45) is 0 Å². The molecule has 0 aromatic carbocycles. The quantitative estimate of drug-likeness (QED) is 0.858. The minimum atomic E-state index is -0.163. The highest BCUT2D eigenvalue weighted by atomic mass is 16.5. The van der Waals surface area contributed by atoms with Gasteiger partial charge in [-0.15, -0.1) is 0 Å². The first-order valence-corrected chi connectivity index (χ1v) is 7.83. The first kappa shape index (κ1) is 17.0. The topological polar surface area (TPSA) is 80.0 Å². The number of pyridine rings is 1. The third-order valence-corrected chi connectivity index (χ3v) is 3.74. The van der Waals surface area contributed by atoms with Gasteiger partial charge in [0.25, 0.3) is 0 Å². The molecule has 0 bridgehead atoms. The average molecular weight is 316 g/mol. The maximum atomic E-state index is 11.9. The van der Waals surface area contributed by atoms with Crippen molar-refractivity contribution in [2.75, 3.05) is 6.54 Å². The summed E-state index contributed by atoms with van der Waals surface area (Å²) in [6.07, 6.45) is 3.31. The van der Waals surface area contributed by atoms with E-state index in [1.165, 1.54) is 0 Å². The summed E-state index contributed by atoms with van der Waals surface area (Å²) in [6, 6.07) is 3.85. The summed E-state index contributed by atoms with van der Waals surface area (Å²) in [5.74, 6) is 0.809. The molecule has 2 rings (SSSR count). The third-order valence-electron chi connectivity index (χ3n) is 3.74. The monoisotopic (exact) mass is 316 g/mol. The van der Waals surface area contributed by atoms with Crippen LogP contribution in [0.1, 0.15) is 35.2 Å². The Bertz CT molecular complexity index is 630. The minimum Gasteiger partial charge on any atom is -0.361 e. The van der Waals surface area contributed by atoms with Crippen LogP contribution in [0.5, 0.6) is 0 Å². The van der Waals surface area contributed by atoms with Crippen LogP contribution in [-0.2, 0) is 12.8 Å². The molecule has 0 fully saturated rings. The molecule has 2 aromatic heterocycles. The highest BCUT2D eigenvalue weighted by Crippen LogP contribution is 2.14. The van der Waals surface area contributed by atoms with Gasteiger partial charge in [0.1, 0.15) is 5.76 Å². The number of carbonyl (C=O) groups is 1. The summed E-state index contributed by atoms with van der Waals surface area (Å²) in [7, 11) is 0. The van der Waals surface area contributed by atoms with Gasteiger partial charge in [0.15, 0.2) is 0 Å². The van der Waals surface area contributed by atoms with Crippen LogP contribution in [0.15, 0.2) is 22.9 Å². The molecule has 2 aromatic rings. The summed E-state index contributed by atoms with van der Waals surface area (Å²) in [4.78, 5) is 16.2. The van der Waals surface area contributed by atoms with Gasteiger partial charge in [-0.25, -0.2) is 4.79 Å². The van der Waals surface area contributed by atoms with Crippen molar-refractivity contribution >= 4 is 6.03 Å². The molecule has 0 unspecified atom stereocenters. The number of nitrogens with zero attached hydrogens (tertiary/aromatic N) is 2. The summed E-state index contributed by atoms with van der Waals surface area (Å²) in [5.41, 5.74) is 4.04. The lowest BCUT2D eigenvalue weighted by Crippen LogP contribution is -2.42. The summed E-state index contributed by atoms with van der Waals surface area (Å²) in [5, 5.41) is 9.73. The largest absolute Gasteiger partial charge is 0.361 e. The average Bonchev–Trinajstić information content (AvgIpc) is 2.81. The normalized spacial score (nSPS) is 12.0. The number of nitrogens with one attached hydrogen (secondary N) is 2. The van der Waals surface area contributed by atoms with Crippen molar-refractivity contribution in [3.63, 3.8) is 0 Å². The van der Waals surface area contributed by atoms with Gasteiger partial charge < -0.3 is 15.2 Å². The highest BCUT2D eigenvalue weighted by Gasteiger charge is 2.14. The standard InChI is InChI=1S/C17H24N4O2/c1-11-5-6-15(10-19-11)7-8-18-17(22)20-12(2)9-16-13(3)21-23-14(16)4/h5-6,10,12H,7-9H2,1-4H3,(H2,18,20,22)/t12-/m1/s1. The van der Waals surface area contributed by atoms with E-state index in [-0.39, 0.29) is 12.1 Å². The second-order valence-corrected chi connectivity index (χ2v) is 5.87. The first-order chi connectivity index (χ1) is 11.0. The van der Waals surface area contributed by atoms with E-state index in [2.05, 4.69) is 20.8 Å². The van der Waals surface area contributed by atoms with Crippen molar-refractivity contribution in [3.8, 4) is 0 Å². The molecule has 0 spiro atoms. The van der Waals surface area contributed by atoms with Gasteiger partial charge in [0.05, 0.1) is 5.69 Å². The number of aromatic nitrogens is 2. The van der Waals surface area contributed by atoms with Crippen LogP contribution >= 0.6 is 0 Å². The maximum Gasteiger partial charge on any atom is 0.315 e. The number of urea groups is 1. The van der Waals surface area contributed by atoms with Crippen molar-refractivity contribution in [1.29, 1.82) is 0 Å². The van der Waals surface area contributed by atoms with E-state index >= 15 is 0 Å². The fourth-order valence-corrected chi connectivity index (χ4v) is 2.39. The Kier molecular flexibility index (Phi) is 5.73. The second kappa shape index (κ2) is 7.76. The minimum absolute atomic E-state index is 0.00726. The lowest BCUT2D eigenvalue weighted by molar-refractivity contribution is 0.238. The lowest BCUT2D eigenvalue weighted by atomic mass is 10.1. The summed E-state index contributed by atoms with van der Waals surface area (Å²) in [6.45, 7) is 8.30. The van der Waals surface area contributed by atoms with Gasteiger partial charge in [-0.2, -0.15) is 0 Å². The van der Waals surface area contributed by atoms with Gasteiger partial charge in [0.2, 0.25) is 0 Å². The summed E-state index contributed by atoms with van der Waals surface area (Å²) < 4.78 is 5.14. The van der Waals surface area contributed by atoms with Gasteiger partial charge >= 0.3 is 6.03 Å². The Labute approximate surface area is 136 Å². The fourth-order valence-electron chi connectivity index (χ4n) is 2.39. The SMILES string of the molecule is Cc1ccc(CCNC(=O)N[C@H](C)Cc2c(C)noc2C)cn1. The van der Waals surface area contributed by atoms with Crippen molar-refractivity contribution in [2.45, 2.75) is 46.6 Å². The van der Waals surface area contributed by atoms with Gasteiger partial charge in [0, 0.05) is 30.0 Å². The predicted molar refractivity (Wildman–Crippen MR) is 88.4 cm³/mol. The van der Waals surface area contributed by atoms with Crippen LogP contribution < -0.4 is 10.6 Å². The molecule has 0 aliphatic carbocycles. The molecule has 6 nitrogen and oxygen atoms in total. The number of aryl methyl sites for hydroxylation is 3. The third kappa shape index (κ3) is 5.09. The Morgan fingerprint density at radius 3 is 2.70 bits per heavy atom. The van der Waals surface area contributed by atoms with Crippen LogP contribution in [0.3, 0.4) is 0 Å². The Hall–Kier alpha value is -2.37. The molecule has 0 saturated carbocycles. The molecule has 2 amide bonds. The zero-order valence-electron chi connectivity index (χ0n) is 14.1. The van der Waals surface area contributed by atoms with E-state index in [1.54, 1.807) is 0 Å². The van der Waals surface area contributed by atoms with Gasteiger partial charge in [-0.3, -0.25) is 4.98 Å². The van der Waals surface area contributed by atoms with Crippen molar-refractivity contribution in [1.82, 2.24) is 20.8 Å². The van der Waals surface area contributed by atoms with E-state index < -0.39 is 0 Å². The Balaban J connectivity index is 1.73. The number of hydrogen-bond acceptors (Lipinski definition) is 4. The van der Waals surface area contributed by atoms with Crippen LogP contribution in [0, 0.1) is 20.8 Å². The molecular weight excluding hydrogens is 292 g/mol. The Morgan fingerprint density at radius 2 is 2.09 bits per heavy atom. The zero-order valence-corrected chi connectivity index (χ0v) is 14.1. The molecule has 23 heavy (non-hydrogen) atoms. The number of carbonyl (C=O) groups excluding carboxylic acids is 1. The number of amides is 2. The highest BCUT2D eigenvalue weighted by molar-refractivity contribution is 5.74.